The van der Waals surface area contributed by atoms with Crippen LogP contribution in [0.5, 0.6) is 0 Å². The van der Waals surface area contributed by atoms with Gasteiger partial charge in [0.05, 0.1) is 18.2 Å². The molecule has 0 spiro atoms. The Balaban J connectivity index is 2.14. The maximum atomic E-state index is 13.8. The van der Waals surface area contributed by atoms with Crippen molar-refractivity contribution in [2.45, 2.75) is 26.4 Å². The van der Waals surface area contributed by atoms with Crippen LogP contribution >= 0.6 is 0 Å². The van der Waals surface area contributed by atoms with Gasteiger partial charge in [-0.1, -0.05) is 6.92 Å². The summed E-state index contributed by atoms with van der Waals surface area (Å²) < 4.78 is 15.8. The smallest absolute Gasteiger partial charge is 0.128 e. The van der Waals surface area contributed by atoms with Crippen LogP contribution < -0.4 is 5.32 Å². The van der Waals surface area contributed by atoms with Gasteiger partial charge in [-0.2, -0.15) is 5.26 Å². The number of rotatable bonds is 6. The molecule has 0 aliphatic rings. The number of nitriles is 1. The number of aromatic nitrogens is 1. The minimum Gasteiger partial charge on any atom is -0.346 e. The van der Waals surface area contributed by atoms with E-state index in [1.165, 1.54) is 12.1 Å². The van der Waals surface area contributed by atoms with Crippen molar-refractivity contribution in [2.75, 3.05) is 6.54 Å². The first-order valence-corrected chi connectivity index (χ1v) is 6.78. The number of nitrogens with one attached hydrogen (secondary N) is 1. The standard InChI is InChI=1S/C16H18FN3/c1-2-7-19-11-15-4-3-8-20(15)12-14-9-13(10-18)5-6-16(14)17/h3-6,8-9,19H,2,7,11-12H2,1H3. The van der Waals surface area contributed by atoms with Crippen molar-refractivity contribution in [3.8, 4) is 6.07 Å². The topological polar surface area (TPSA) is 40.8 Å². The number of nitrogens with zero attached hydrogens (tertiary/aromatic N) is 2. The third kappa shape index (κ3) is 3.46. The second-order valence-electron chi connectivity index (χ2n) is 4.72. The SMILES string of the molecule is CCCNCc1cccn1Cc1cc(C#N)ccc1F. The van der Waals surface area contributed by atoms with E-state index in [1.54, 1.807) is 6.07 Å². The Bertz CT molecular complexity index is 610. The first-order valence-electron chi connectivity index (χ1n) is 6.78. The summed E-state index contributed by atoms with van der Waals surface area (Å²) in [5, 5.41) is 12.2. The lowest BCUT2D eigenvalue weighted by Crippen LogP contribution is -2.17. The average molecular weight is 271 g/mol. The number of hydrogen-bond acceptors (Lipinski definition) is 2. The summed E-state index contributed by atoms with van der Waals surface area (Å²) in [7, 11) is 0. The molecule has 0 radical (unpaired) electrons. The molecule has 0 aliphatic heterocycles. The summed E-state index contributed by atoms with van der Waals surface area (Å²) in [6.45, 7) is 4.29. The molecule has 0 amide bonds. The molecule has 2 aromatic rings. The molecule has 0 fully saturated rings. The molecule has 3 nitrogen and oxygen atoms in total. The number of benzene rings is 1. The largest absolute Gasteiger partial charge is 0.346 e. The van der Waals surface area contributed by atoms with Crippen LogP contribution in [0.1, 0.15) is 30.2 Å². The van der Waals surface area contributed by atoms with Gasteiger partial charge in [-0.3, -0.25) is 0 Å². The number of hydrogen-bond donors (Lipinski definition) is 1. The summed E-state index contributed by atoms with van der Waals surface area (Å²) >= 11 is 0. The molecule has 0 saturated heterocycles. The lowest BCUT2D eigenvalue weighted by atomic mass is 10.1. The molecule has 0 unspecified atom stereocenters. The molecule has 0 saturated carbocycles. The molecule has 1 aromatic heterocycles. The Hall–Kier alpha value is -2.12. The highest BCUT2D eigenvalue weighted by molar-refractivity contribution is 5.34. The fourth-order valence-electron chi connectivity index (χ4n) is 2.11. The summed E-state index contributed by atoms with van der Waals surface area (Å²) in [6.07, 6.45) is 3.01. The van der Waals surface area contributed by atoms with Crippen molar-refractivity contribution < 1.29 is 4.39 Å². The minimum absolute atomic E-state index is 0.273. The van der Waals surface area contributed by atoms with E-state index >= 15 is 0 Å². The molecule has 4 heteroatoms. The summed E-state index contributed by atoms with van der Waals surface area (Å²) in [6, 6.07) is 10.5. The van der Waals surface area contributed by atoms with Gasteiger partial charge in [0.2, 0.25) is 0 Å². The quantitative estimate of drug-likeness (QED) is 0.820. The predicted molar refractivity (Wildman–Crippen MR) is 76.6 cm³/mol. The molecule has 1 aromatic carbocycles. The maximum absolute atomic E-state index is 13.8. The predicted octanol–water partition coefficient (Wildman–Crippen LogP) is 3.05. The van der Waals surface area contributed by atoms with E-state index < -0.39 is 0 Å². The number of halogens is 1. The Labute approximate surface area is 118 Å². The van der Waals surface area contributed by atoms with Crippen LogP contribution in [0.15, 0.2) is 36.5 Å². The first kappa shape index (κ1) is 14.3. The van der Waals surface area contributed by atoms with Crippen LogP contribution in [0.25, 0.3) is 0 Å². The van der Waals surface area contributed by atoms with E-state index in [-0.39, 0.29) is 5.82 Å². The molecular weight excluding hydrogens is 253 g/mol. The van der Waals surface area contributed by atoms with E-state index in [1.807, 2.05) is 29.0 Å². The third-order valence-corrected chi connectivity index (χ3v) is 3.17. The summed E-state index contributed by atoms with van der Waals surface area (Å²) in [5.74, 6) is -0.273. The zero-order valence-electron chi connectivity index (χ0n) is 11.6. The maximum Gasteiger partial charge on any atom is 0.128 e. The highest BCUT2D eigenvalue weighted by Gasteiger charge is 2.07. The third-order valence-electron chi connectivity index (χ3n) is 3.17. The van der Waals surface area contributed by atoms with E-state index in [4.69, 9.17) is 5.26 Å². The molecule has 104 valence electrons. The van der Waals surface area contributed by atoms with Crippen molar-refractivity contribution in [1.82, 2.24) is 9.88 Å². The molecule has 1 heterocycles. The van der Waals surface area contributed by atoms with Crippen LogP contribution in [-0.4, -0.2) is 11.1 Å². The normalized spacial score (nSPS) is 10.4. The Morgan fingerprint density at radius 2 is 2.20 bits per heavy atom. The Morgan fingerprint density at radius 3 is 2.95 bits per heavy atom. The van der Waals surface area contributed by atoms with Crippen LogP contribution in [0.4, 0.5) is 4.39 Å². The van der Waals surface area contributed by atoms with Gasteiger partial charge < -0.3 is 9.88 Å². The molecule has 2 rings (SSSR count). The highest BCUT2D eigenvalue weighted by atomic mass is 19.1. The van der Waals surface area contributed by atoms with Crippen molar-refractivity contribution in [3.63, 3.8) is 0 Å². The Morgan fingerprint density at radius 1 is 1.35 bits per heavy atom. The van der Waals surface area contributed by atoms with Gasteiger partial charge >= 0.3 is 0 Å². The second-order valence-corrected chi connectivity index (χ2v) is 4.72. The van der Waals surface area contributed by atoms with E-state index in [0.717, 1.165) is 25.2 Å². The van der Waals surface area contributed by atoms with Crippen molar-refractivity contribution in [1.29, 1.82) is 5.26 Å². The van der Waals surface area contributed by atoms with Gasteiger partial charge in [0.25, 0.3) is 0 Å². The minimum atomic E-state index is -0.273. The molecule has 0 aliphatic carbocycles. The molecule has 0 bridgehead atoms. The van der Waals surface area contributed by atoms with Crippen molar-refractivity contribution in [3.05, 3.63) is 59.2 Å². The lowest BCUT2D eigenvalue weighted by Gasteiger charge is -2.11. The van der Waals surface area contributed by atoms with Crippen LogP contribution in [0.3, 0.4) is 0 Å². The fraction of sp³-hybridized carbons (Fsp3) is 0.312. The van der Waals surface area contributed by atoms with Crippen LogP contribution in [0.2, 0.25) is 0 Å². The molecule has 20 heavy (non-hydrogen) atoms. The van der Waals surface area contributed by atoms with Gasteiger partial charge in [0.15, 0.2) is 0 Å². The Kier molecular flexibility index (Phi) is 4.91. The zero-order valence-corrected chi connectivity index (χ0v) is 11.6. The van der Waals surface area contributed by atoms with E-state index in [0.29, 0.717) is 17.7 Å². The van der Waals surface area contributed by atoms with Gasteiger partial charge in [-0.05, 0) is 43.3 Å². The van der Waals surface area contributed by atoms with Crippen molar-refractivity contribution in [2.24, 2.45) is 0 Å². The van der Waals surface area contributed by atoms with Gasteiger partial charge in [0, 0.05) is 24.0 Å². The highest BCUT2D eigenvalue weighted by Crippen LogP contribution is 2.14. The van der Waals surface area contributed by atoms with E-state index in [2.05, 4.69) is 12.2 Å². The van der Waals surface area contributed by atoms with Crippen LogP contribution in [-0.2, 0) is 13.1 Å². The zero-order chi connectivity index (χ0) is 14.4. The summed E-state index contributed by atoms with van der Waals surface area (Å²) in [4.78, 5) is 0. The van der Waals surface area contributed by atoms with E-state index in [9.17, 15) is 4.39 Å². The molecule has 0 atom stereocenters. The van der Waals surface area contributed by atoms with Crippen LogP contribution in [0, 0.1) is 17.1 Å². The first-order chi connectivity index (χ1) is 9.74. The van der Waals surface area contributed by atoms with Gasteiger partial charge in [-0.25, -0.2) is 4.39 Å². The molecule has 1 N–H and O–H groups in total. The fourth-order valence-corrected chi connectivity index (χ4v) is 2.11. The average Bonchev–Trinajstić information content (AvgIpc) is 2.89. The molecular formula is C16H18FN3. The lowest BCUT2D eigenvalue weighted by molar-refractivity contribution is 0.586. The summed E-state index contributed by atoms with van der Waals surface area (Å²) in [5.41, 5.74) is 2.14. The second kappa shape index (κ2) is 6.88. The van der Waals surface area contributed by atoms with Gasteiger partial charge in [0.1, 0.15) is 5.82 Å². The monoisotopic (exact) mass is 271 g/mol. The van der Waals surface area contributed by atoms with Crippen molar-refractivity contribution >= 4 is 0 Å². The van der Waals surface area contributed by atoms with Gasteiger partial charge in [-0.15, -0.1) is 0 Å².